The number of ether oxygens (including phenoxy) is 1. The van der Waals surface area contributed by atoms with Crippen molar-refractivity contribution in [2.24, 2.45) is 10.9 Å². The number of rotatable bonds is 3. The Bertz CT molecular complexity index is 724. The molecular weight excluding hydrogens is 414 g/mol. The normalized spacial score (nSPS) is 11.5. The van der Waals surface area contributed by atoms with Crippen LogP contribution < -0.4 is 10.5 Å². The molecule has 21 heavy (non-hydrogen) atoms. The van der Waals surface area contributed by atoms with Crippen LogP contribution >= 0.6 is 31.9 Å². The minimum Gasteiger partial charge on any atom is -0.453 e. The van der Waals surface area contributed by atoms with Crippen molar-refractivity contribution in [2.45, 2.75) is 0 Å². The van der Waals surface area contributed by atoms with E-state index in [0.29, 0.717) is 8.95 Å². The van der Waals surface area contributed by atoms with Crippen LogP contribution in [-0.4, -0.2) is 11.0 Å². The molecule has 2 aromatic rings. The number of hydrogen-bond donors (Lipinski definition) is 2. The van der Waals surface area contributed by atoms with Crippen LogP contribution in [0.1, 0.15) is 5.56 Å². The standard InChI is InChI=1S/C13H8Br2F2N2O2/c14-6-4-8(16)12(17)10(5-6)21-9-3-1-2-7(15)11(9)13(18)19-20/h1-5,20H,(H2,18,19). The van der Waals surface area contributed by atoms with Crippen LogP contribution in [0.2, 0.25) is 0 Å². The predicted molar refractivity (Wildman–Crippen MR) is 80.8 cm³/mol. The molecule has 2 aromatic carbocycles. The quantitative estimate of drug-likeness (QED) is 0.254. The van der Waals surface area contributed by atoms with Crippen LogP contribution in [-0.2, 0) is 0 Å². The lowest BCUT2D eigenvalue weighted by Gasteiger charge is -2.13. The molecule has 0 aliphatic carbocycles. The maximum absolute atomic E-state index is 13.7. The second-order valence-corrected chi connectivity index (χ2v) is 5.67. The van der Waals surface area contributed by atoms with Crippen molar-refractivity contribution in [3.8, 4) is 11.5 Å². The van der Waals surface area contributed by atoms with Crippen LogP contribution in [0, 0.1) is 11.6 Å². The van der Waals surface area contributed by atoms with Crippen LogP contribution in [0.25, 0.3) is 0 Å². The summed E-state index contributed by atoms with van der Waals surface area (Å²) in [6, 6.07) is 6.98. The van der Waals surface area contributed by atoms with E-state index in [1.165, 1.54) is 12.1 Å². The van der Waals surface area contributed by atoms with Crippen molar-refractivity contribution < 1.29 is 18.7 Å². The fourth-order valence-electron chi connectivity index (χ4n) is 1.61. The highest BCUT2D eigenvalue weighted by Crippen LogP contribution is 2.34. The van der Waals surface area contributed by atoms with Crippen molar-refractivity contribution in [3.05, 3.63) is 56.5 Å². The van der Waals surface area contributed by atoms with E-state index in [1.807, 2.05) is 0 Å². The molecule has 110 valence electrons. The van der Waals surface area contributed by atoms with Gasteiger partial charge < -0.3 is 15.7 Å². The molecule has 0 aliphatic rings. The Balaban J connectivity index is 2.53. The van der Waals surface area contributed by atoms with Gasteiger partial charge in [0.25, 0.3) is 0 Å². The van der Waals surface area contributed by atoms with Gasteiger partial charge >= 0.3 is 0 Å². The second-order valence-electron chi connectivity index (χ2n) is 3.90. The lowest BCUT2D eigenvalue weighted by molar-refractivity contribution is 0.318. The number of benzene rings is 2. The highest BCUT2D eigenvalue weighted by Gasteiger charge is 2.17. The van der Waals surface area contributed by atoms with Gasteiger partial charge in [-0.05, 0) is 40.2 Å². The van der Waals surface area contributed by atoms with Gasteiger partial charge in [0.05, 0.1) is 5.56 Å². The number of oxime groups is 1. The Labute approximate surface area is 135 Å². The molecule has 0 bridgehead atoms. The molecule has 0 fully saturated rings. The Hall–Kier alpha value is -1.67. The molecule has 0 spiro atoms. The molecule has 0 amide bonds. The lowest BCUT2D eigenvalue weighted by Crippen LogP contribution is -2.15. The van der Waals surface area contributed by atoms with Crippen molar-refractivity contribution >= 4 is 37.7 Å². The third-order valence-electron chi connectivity index (χ3n) is 2.52. The van der Waals surface area contributed by atoms with Crippen molar-refractivity contribution in [3.63, 3.8) is 0 Å². The Morgan fingerprint density at radius 1 is 1.19 bits per heavy atom. The zero-order valence-electron chi connectivity index (χ0n) is 10.3. The largest absolute Gasteiger partial charge is 0.453 e. The molecule has 2 rings (SSSR count). The van der Waals surface area contributed by atoms with Crippen molar-refractivity contribution in [1.29, 1.82) is 0 Å². The maximum atomic E-state index is 13.7. The summed E-state index contributed by atoms with van der Waals surface area (Å²) in [6.45, 7) is 0. The zero-order chi connectivity index (χ0) is 15.6. The van der Waals surface area contributed by atoms with Gasteiger partial charge in [0.15, 0.2) is 17.4 Å². The number of nitrogens with two attached hydrogens (primary N) is 1. The average molecular weight is 422 g/mol. The maximum Gasteiger partial charge on any atom is 0.201 e. The molecule has 0 atom stereocenters. The number of nitrogens with zero attached hydrogens (tertiary/aromatic N) is 1. The third-order valence-corrected chi connectivity index (χ3v) is 3.64. The van der Waals surface area contributed by atoms with Crippen LogP contribution in [0.4, 0.5) is 8.78 Å². The fraction of sp³-hybridized carbons (Fsp3) is 0. The first kappa shape index (κ1) is 15.7. The van der Waals surface area contributed by atoms with E-state index in [-0.39, 0.29) is 22.9 Å². The van der Waals surface area contributed by atoms with Gasteiger partial charge in [-0.1, -0.05) is 27.2 Å². The zero-order valence-corrected chi connectivity index (χ0v) is 13.5. The summed E-state index contributed by atoms with van der Waals surface area (Å²) >= 11 is 6.27. The number of hydrogen-bond acceptors (Lipinski definition) is 3. The molecular formula is C13H8Br2F2N2O2. The average Bonchev–Trinajstić information content (AvgIpc) is 2.43. The molecule has 0 saturated heterocycles. The third kappa shape index (κ3) is 3.33. The smallest absolute Gasteiger partial charge is 0.201 e. The van der Waals surface area contributed by atoms with Gasteiger partial charge in [0.2, 0.25) is 5.82 Å². The summed E-state index contributed by atoms with van der Waals surface area (Å²) < 4.78 is 33.3. The monoisotopic (exact) mass is 420 g/mol. The highest BCUT2D eigenvalue weighted by molar-refractivity contribution is 9.10. The van der Waals surface area contributed by atoms with E-state index in [4.69, 9.17) is 15.7 Å². The molecule has 4 nitrogen and oxygen atoms in total. The SMILES string of the molecule is N/C(=N/O)c1c(Br)cccc1Oc1cc(Br)cc(F)c1F. The molecule has 3 N–H and O–H groups in total. The Morgan fingerprint density at radius 2 is 1.90 bits per heavy atom. The first-order chi connectivity index (χ1) is 9.93. The summed E-state index contributed by atoms with van der Waals surface area (Å²) in [4.78, 5) is 0. The minimum absolute atomic E-state index is 0.107. The van der Waals surface area contributed by atoms with E-state index in [9.17, 15) is 8.78 Å². The van der Waals surface area contributed by atoms with Crippen molar-refractivity contribution in [1.82, 2.24) is 0 Å². The molecule has 0 radical (unpaired) electrons. The predicted octanol–water partition coefficient (Wildman–Crippen LogP) is 4.38. The van der Waals surface area contributed by atoms with Crippen LogP contribution in [0.15, 0.2) is 44.4 Å². The second kappa shape index (κ2) is 6.40. The first-order valence-electron chi connectivity index (χ1n) is 5.53. The van der Waals surface area contributed by atoms with Crippen LogP contribution in [0.5, 0.6) is 11.5 Å². The summed E-state index contributed by atoms with van der Waals surface area (Å²) in [7, 11) is 0. The topological polar surface area (TPSA) is 67.8 Å². The van der Waals surface area contributed by atoms with E-state index >= 15 is 0 Å². The lowest BCUT2D eigenvalue weighted by atomic mass is 10.2. The highest BCUT2D eigenvalue weighted by atomic mass is 79.9. The molecule has 0 aliphatic heterocycles. The molecule has 0 aromatic heterocycles. The summed E-state index contributed by atoms with van der Waals surface area (Å²) in [5.41, 5.74) is 5.78. The molecule has 0 saturated carbocycles. The number of amidine groups is 1. The fourth-order valence-corrected chi connectivity index (χ4v) is 2.57. The summed E-state index contributed by atoms with van der Waals surface area (Å²) in [6.07, 6.45) is 0. The number of halogens is 4. The van der Waals surface area contributed by atoms with Gasteiger partial charge in [-0.3, -0.25) is 0 Å². The van der Waals surface area contributed by atoms with Gasteiger partial charge in [0.1, 0.15) is 5.75 Å². The van der Waals surface area contributed by atoms with E-state index in [1.54, 1.807) is 12.1 Å². The van der Waals surface area contributed by atoms with Crippen LogP contribution in [0.3, 0.4) is 0 Å². The van der Waals surface area contributed by atoms with E-state index in [2.05, 4.69) is 37.0 Å². The molecule has 0 unspecified atom stereocenters. The summed E-state index contributed by atoms with van der Waals surface area (Å²) in [5, 5.41) is 11.7. The van der Waals surface area contributed by atoms with Gasteiger partial charge in [-0.15, -0.1) is 0 Å². The molecule has 8 heteroatoms. The first-order valence-corrected chi connectivity index (χ1v) is 7.11. The van der Waals surface area contributed by atoms with E-state index in [0.717, 1.165) is 6.07 Å². The molecule has 0 heterocycles. The Morgan fingerprint density at radius 3 is 2.57 bits per heavy atom. The van der Waals surface area contributed by atoms with Gasteiger partial charge in [-0.2, -0.15) is 4.39 Å². The van der Waals surface area contributed by atoms with Gasteiger partial charge in [0, 0.05) is 8.95 Å². The summed E-state index contributed by atoms with van der Waals surface area (Å²) in [5.74, 6) is -2.64. The Kier molecular flexibility index (Phi) is 4.79. The van der Waals surface area contributed by atoms with Gasteiger partial charge in [-0.25, -0.2) is 4.39 Å². The van der Waals surface area contributed by atoms with E-state index < -0.39 is 11.6 Å². The minimum atomic E-state index is -1.14. The van der Waals surface area contributed by atoms with Crippen molar-refractivity contribution in [2.75, 3.05) is 0 Å².